The van der Waals surface area contributed by atoms with E-state index >= 15 is 0 Å². The summed E-state index contributed by atoms with van der Waals surface area (Å²) in [5, 5.41) is 12.2. The van der Waals surface area contributed by atoms with Gasteiger partial charge < -0.3 is 14.4 Å². The zero-order chi connectivity index (χ0) is 20.7. The lowest BCUT2D eigenvalue weighted by Crippen LogP contribution is -2.35. The SMILES string of the molecule is CC(C)(c1ccc(O)cc1)c1ccc(OC2CC(n3cc4ccccc4c3)C2)cc1. The van der Waals surface area contributed by atoms with Gasteiger partial charge in [-0.25, -0.2) is 0 Å². The number of phenols is 1. The molecule has 4 aromatic rings. The molecule has 0 saturated heterocycles. The molecule has 1 aliphatic carbocycles. The molecular formula is C27H27NO2. The van der Waals surface area contributed by atoms with Crippen molar-refractivity contribution >= 4 is 10.8 Å². The molecule has 0 unspecified atom stereocenters. The van der Waals surface area contributed by atoms with Crippen LogP contribution in [0.3, 0.4) is 0 Å². The lowest BCUT2D eigenvalue weighted by molar-refractivity contribution is 0.0707. The van der Waals surface area contributed by atoms with Gasteiger partial charge in [-0.2, -0.15) is 0 Å². The highest BCUT2D eigenvalue weighted by Crippen LogP contribution is 2.38. The first-order chi connectivity index (χ1) is 14.5. The average Bonchev–Trinajstić information content (AvgIpc) is 3.14. The summed E-state index contributed by atoms with van der Waals surface area (Å²) in [5.41, 5.74) is 2.27. The first kappa shape index (κ1) is 18.8. The number of aromatic nitrogens is 1. The van der Waals surface area contributed by atoms with E-state index in [0.29, 0.717) is 11.8 Å². The molecule has 1 aliphatic rings. The standard InChI is InChI=1S/C27H27NO2/c1-27(2,21-7-11-24(29)12-8-21)22-9-13-25(14-10-22)30-26-15-23(16-26)28-17-19-5-3-4-6-20(19)18-28/h3-14,17-18,23,26,29H,15-16H2,1-2H3. The van der Waals surface area contributed by atoms with Gasteiger partial charge in [0, 0.05) is 36.7 Å². The van der Waals surface area contributed by atoms with Crippen molar-refractivity contribution in [3.8, 4) is 11.5 Å². The van der Waals surface area contributed by atoms with E-state index in [2.05, 4.69) is 79.3 Å². The molecule has 1 aromatic heterocycles. The normalized spacial score (nSPS) is 18.9. The van der Waals surface area contributed by atoms with Crippen molar-refractivity contribution in [2.24, 2.45) is 0 Å². The Balaban J connectivity index is 1.22. The minimum Gasteiger partial charge on any atom is -0.508 e. The largest absolute Gasteiger partial charge is 0.508 e. The molecule has 1 heterocycles. The summed E-state index contributed by atoms with van der Waals surface area (Å²) >= 11 is 0. The van der Waals surface area contributed by atoms with Gasteiger partial charge in [0.25, 0.3) is 0 Å². The number of phenolic OH excluding ortho intramolecular Hbond substituents is 1. The molecule has 5 rings (SSSR count). The maximum absolute atomic E-state index is 9.55. The maximum Gasteiger partial charge on any atom is 0.119 e. The van der Waals surface area contributed by atoms with Crippen LogP contribution >= 0.6 is 0 Å². The zero-order valence-corrected chi connectivity index (χ0v) is 17.5. The van der Waals surface area contributed by atoms with E-state index in [4.69, 9.17) is 4.74 Å². The fraction of sp³-hybridized carbons (Fsp3) is 0.259. The van der Waals surface area contributed by atoms with Crippen LogP contribution in [0.1, 0.15) is 43.9 Å². The second-order valence-electron chi connectivity index (χ2n) is 8.90. The third-order valence-electron chi connectivity index (χ3n) is 6.53. The second-order valence-corrected chi connectivity index (χ2v) is 8.90. The third kappa shape index (κ3) is 3.45. The van der Waals surface area contributed by atoms with E-state index in [9.17, 15) is 5.11 Å². The van der Waals surface area contributed by atoms with Crippen LogP contribution < -0.4 is 4.74 Å². The van der Waals surface area contributed by atoms with Gasteiger partial charge in [-0.15, -0.1) is 0 Å². The predicted molar refractivity (Wildman–Crippen MR) is 121 cm³/mol. The molecule has 3 heteroatoms. The summed E-state index contributed by atoms with van der Waals surface area (Å²) in [7, 11) is 0. The number of hydrogen-bond acceptors (Lipinski definition) is 2. The van der Waals surface area contributed by atoms with Crippen LogP contribution in [0.2, 0.25) is 0 Å². The molecule has 1 saturated carbocycles. The van der Waals surface area contributed by atoms with Crippen LogP contribution in [-0.4, -0.2) is 15.8 Å². The molecule has 0 radical (unpaired) electrons. The number of aromatic hydroxyl groups is 1. The van der Waals surface area contributed by atoms with Gasteiger partial charge in [0.15, 0.2) is 0 Å². The summed E-state index contributed by atoms with van der Waals surface area (Å²) in [6.45, 7) is 4.40. The van der Waals surface area contributed by atoms with Crippen molar-refractivity contribution in [3.63, 3.8) is 0 Å². The summed E-state index contributed by atoms with van der Waals surface area (Å²) in [6.07, 6.45) is 6.85. The summed E-state index contributed by atoms with van der Waals surface area (Å²) in [4.78, 5) is 0. The van der Waals surface area contributed by atoms with E-state index in [1.54, 1.807) is 12.1 Å². The second kappa shape index (κ2) is 7.24. The molecule has 3 nitrogen and oxygen atoms in total. The van der Waals surface area contributed by atoms with Gasteiger partial charge in [-0.05, 0) is 46.2 Å². The molecule has 0 spiro atoms. The Morgan fingerprint density at radius 3 is 1.90 bits per heavy atom. The Morgan fingerprint density at radius 1 is 0.800 bits per heavy atom. The van der Waals surface area contributed by atoms with Crippen molar-refractivity contribution in [1.82, 2.24) is 4.57 Å². The monoisotopic (exact) mass is 397 g/mol. The zero-order valence-electron chi connectivity index (χ0n) is 17.5. The van der Waals surface area contributed by atoms with Crippen LogP contribution in [0.5, 0.6) is 11.5 Å². The van der Waals surface area contributed by atoms with Gasteiger partial charge in [-0.1, -0.05) is 62.4 Å². The number of benzene rings is 3. The highest BCUT2D eigenvalue weighted by atomic mass is 16.5. The first-order valence-corrected chi connectivity index (χ1v) is 10.6. The third-order valence-corrected chi connectivity index (χ3v) is 6.53. The van der Waals surface area contributed by atoms with Crippen LogP contribution in [0.4, 0.5) is 0 Å². The minimum absolute atomic E-state index is 0.135. The molecule has 0 bridgehead atoms. The highest BCUT2D eigenvalue weighted by Gasteiger charge is 2.32. The van der Waals surface area contributed by atoms with Crippen molar-refractivity contribution in [3.05, 3.63) is 96.3 Å². The van der Waals surface area contributed by atoms with E-state index < -0.39 is 0 Å². The van der Waals surface area contributed by atoms with Gasteiger partial charge >= 0.3 is 0 Å². The molecule has 0 aliphatic heterocycles. The number of rotatable bonds is 5. The minimum atomic E-state index is -0.135. The Hall–Kier alpha value is -3.20. The molecule has 1 fully saturated rings. The summed E-state index contributed by atoms with van der Waals surface area (Å²) < 4.78 is 8.56. The van der Waals surface area contributed by atoms with Gasteiger partial charge in [0.05, 0.1) is 0 Å². The van der Waals surface area contributed by atoms with Crippen LogP contribution in [0.25, 0.3) is 10.8 Å². The van der Waals surface area contributed by atoms with Gasteiger partial charge in [0.2, 0.25) is 0 Å². The van der Waals surface area contributed by atoms with Crippen LogP contribution in [-0.2, 0) is 5.41 Å². The van der Waals surface area contributed by atoms with E-state index in [1.165, 1.54) is 21.9 Å². The molecule has 3 aromatic carbocycles. The number of hydrogen-bond donors (Lipinski definition) is 1. The number of fused-ring (bicyclic) bond motifs is 1. The molecule has 1 N–H and O–H groups in total. The molecule has 152 valence electrons. The lowest BCUT2D eigenvalue weighted by Gasteiger charge is -2.36. The Bertz CT molecular complexity index is 1120. The van der Waals surface area contributed by atoms with Crippen molar-refractivity contribution in [2.45, 2.75) is 44.2 Å². The fourth-order valence-electron chi connectivity index (χ4n) is 4.38. The molecule has 30 heavy (non-hydrogen) atoms. The van der Waals surface area contributed by atoms with Crippen molar-refractivity contribution < 1.29 is 9.84 Å². The number of ether oxygens (including phenoxy) is 1. The first-order valence-electron chi connectivity index (χ1n) is 10.6. The van der Waals surface area contributed by atoms with E-state index in [0.717, 1.165) is 18.6 Å². The number of nitrogens with zero attached hydrogens (tertiary/aromatic N) is 1. The smallest absolute Gasteiger partial charge is 0.119 e. The maximum atomic E-state index is 9.55. The topological polar surface area (TPSA) is 34.4 Å². The van der Waals surface area contributed by atoms with Crippen molar-refractivity contribution in [2.75, 3.05) is 0 Å². The predicted octanol–water partition coefficient (Wildman–Crippen LogP) is 6.46. The molecule has 0 atom stereocenters. The van der Waals surface area contributed by atoms with Crippen LogP contribution in [0.15, 0.2) is 85.2 Å². The Morgan fingerprint density at radius 2 is 1.33 bits per heavy atom. The van der Waals surface area contributed by atoms with E-state index in [1.807, 2.05) is 12.1 Å². The van der Waals surface area contributed by atoms with Gasteiger partial charge in [-0.3, -0.25) is 0 Å². The fourth-order valence-corrected chi connectivity index (χ4v) is 4.38. The Labute approximate surface area is 177 Å². The van der Waals surface area contributed by atoms with E-state index in [-0.39, 0.29) is 11.5 Å². The molecular weight excluding hydrogens is 370 g/mol. The van der Waals surface area contributed by atoms with Crippen LogP contribution in [0, 0.1) is 0 Å². The Kier molecular flexibility index (Phi) is 4.54. The quantitative estimate of drug-likeness (QED) is 0.420. The highest BCUT2D eigenvalue weighted by molar-refractivity contribution is 5.82. The summed E-state index contributed by atoms with van der Waals surface area (Å²) in [6, 6.07) is 25.0. The summed E-state index contributed by atoms with van der Waals surface area (Å²) in [5.74, 6) is 1.23. The van der Waals surface area contributed by atoms with Gasteiger partial charge in [0.1, 0.15) is 17.6 Å². The molecule has 0 amide bonds. The average molecular weight is 398 g/mol. The lowest BCUT2D eigenvalue weighted by atomic mass is 9.78. The van der Waals surface area contributed by atoms with Crippen molar-refractivity contribution in [1.29, 1.82) is 0 Å².